The Labute approximate surface area is 156 Å². The average Bonchev–Trinajstić information content (AvgIpc) is 3.49. The van der Waals surface area contributed by atoms with Crippen molar-refractivity contribution in [3.8, 4) is 0 Å². The van der Waals surface area contributed by atoms with Crippen LogP contribution in [0.4, 0.5) is 5.69 Å². The number of carbonyl (C=O) groups is 1. The number of hydrogen-bond acceptors (Lipinski definition) is 4. The Balaban J connectivity index is 1.42. The highest BCUT2D eigenvalue weighted by Crippen LogP contribution is 2.38. The second-order valence-corrected chi connectivity index (χ2v) is 7.85. The molecule has 4 rings (SSSR count). The van der Waals surface area contributed by atoms with E-state index in [1.54, 1.807) is 6.20 Å². The van der Waals surface area contributed by atoms with Gasteiger partial charge in [0.25, 0.3) is 5.91 Å². The minimum atomic E-state index is -0.209. The predicted octanol–water partition coefficient (Wildman–Crippen LogP) is 3.96. The molecular weight excluding hydrogens is 380 g/mol. The molecule has 2 aliphatic rings. The SMILES string of the molecule is CN(Cc1ccc(NC(=O)c2nc(C3CC3)ncc2Br)cc1)C1CC1. The predicted molar refractivity (Wildman–Crippen MR) is 101 cm³/mol. The van der Waals surface area contributed by atoms with Crippen molar-refractivity contribution >= 4 is 27.5 Å². The Kier molecular flexibility index (Phi) is 4.56. The van der Waals surface area contributed by atoms with Crippen LogP contribution in [0, 0.1) is 0 Å². The van der Waals surface area contributed by atoms with E-state index in [0.29, 0.717) is 16.1 Å². The fourth-order valence-corrected chi connectivity index (χ4v) is 3.27. The first kappa shape index (κ1) is 16.7. The second-order valence-electron chi connectivity index (χ2n) is 7.00. The molecule has 1 amide bonds. The number of hydrogen-bond donors (Lipinski definition) is 1. The smallest absolute Gasteiger partial charge is 0.275 e. The van der Waals surface area contributed by atoms with Crippen LogP contribution in [0.2, 0.25) is 0 Å². The fraction of sp³-hybridized carbons (Fsp3) is 0.421. The maximum Gasteiger partial charge on any atom is 0.275 e. The third-order valence-electron chi connectivity index (χ3n) is 4.73. The molecule has 2 aliphatic carbocycles. The third-order valence-corrected chi connectivity index (χ3v) is 5.31. The quantitative estimate of drug-likeness (QED) is 0.796. The molecule has 6 heteroatoms. The molecule has 0 atom stereocenters. The maximum absolute atomic E-state index is 12.6. The van der Waals surface area contributed by atoms with Gasteiger partial charge in [0.2, 0.25) is 0 Å². The fourth-order valence-electron chi connectivity index (χ4n) is 2.89. The summed E-state index contributed by atoms with van der Waals surface area (Å²) < 4.78 is 0.622. The van der Waals surface area contributed by atoms with E-state index in [9.17, 15) is 4.79 Å². The van der Waals surface area contributed by atoms with Gasteiger partial charge in [0.05, 0.1) is 4.47 Å². The summed E-state index contributed by atoms with van der Waals surface area (Å²) in [5.74, 6) is 0.980. The summed E-state index contributed by atoms with van der Waals surface area (Å²) in [6, 6.07) is 8.78. The molecule has 1 aromatic heterocycles. The van der Waals surface area contributed by atoms with Crippen molar-refractivity contribution in [2.24, 2.45) is 0 Å². The molecule has 1 heterocycles. The summed E-state index contributed by atoms with van der Waals surface area (Å²) in [6.07, 6.45) is 6.51. The molecule has 1 N–H and O–H groups in total. The molecule has 2 fully saturated rings. The lowest BCUT2D eigenvalue weighted by molar-refractivity contribution is 0.102. The molecule has 5 nitrogen and oxygen atoms in total. The van der Waals surface area contributed by atoms with Crippen LogP contribution in [-0.2, 0) is 6.54 Å². The van der Waals surface area contributed by atoms with Crippen molar-refractivity contribution < 1.29 is 4.79 Å². The Hall–Kier alpha value is -1.79. The molecule has 0 spiro atoms. The van der Waals surface area contributed by atoms with E-state index in [0.717, 1.165) is 36.9 Å². The van der Waals surface area contributed by atoms with E-state index in [1.807, 2.05) is 12.1 Å². The zero-order valence-corrected chi connectivity index (χ0v) is 15.8. The molecule has 25 heavy (non-hydrogen) atoms. The van der Waals surface area contributed by atoms with Gasteiger partial charge in [-0.2, -0.15) is 0 Å². The lowest BCUT2D eigenvalue weighted by Crippen LogP contribution is -2.20. The standard InChI is InChI=1S/C19H21BrN4O/c1-24(15-8-9-15)11-12-2-6-14(7-3-12)22-19(25)17-16(20)10-21-18(23-17)13-4-5-13/h2-3,6-7,10,13,15H,4-5,8-9,11H2,1H3,(H,22,25). The molecule has 0 unspecified atom stereocenters. The number of benzene rings is 1. The van der Waals surface area contributed by atoms with Gasteiger partial charge in [-0.15, -0.1) is 0 Å². The molecule has 1 aromatic carbocycles. The Bertz CT molecular complexity index is 785. The normalized spacial score (nSPS) is 16.9. The Morgan fingerprint density at radius 3 is 2.60 bits per heavy atom. The average molecular weight is 401 g/mol. The Morgan fingerprint density at radius 1 is 1.24 bits per heavy atom. The number of rotatable bonds is 6. The van der Waals surface area contributed by atoms with Gasteiger partial charge in [0.15, 0.2) is 0 Å². The largest absolute Gasteiger partial charge is 0.321 e. The van der Waals surface area contributed by atoms with E-state index in [4.69, 9.17) is 0 Å². The zero-order valence-electron chi connectivity index (χ0n) is 14.2. The topological polar surface area (TPSA) is 58.1 Å². The zero-order chi connectivity index (χ0) is 17.4. The second kappa shape index (κ2) is 6.84. The molecule has 0 saturated heterocycles. The summed E-state index contributed by atoms with van der Waals surface area (Å²) >= 11 is 3.38. The van der Waals surface area contributed by atoms with E-state index >= 15 is 0 Å². The summed E-state index contributed by atoms with van der Waals surface area (Å²) in [7, 11) is 2.16. The molecule has 0 radical (unpaired) electrons. The number of nitrogens with one attached hydrogen (secondary N) is 1. The van der Waals surface area contributed by atoms with E-state index < -0.39 is 0 Å². The number of carbonyl (C=O) groups excluding carboxylic acids is 1. The van der Waals surface area contributed by atoms with Crippen molar-refractivity contribution in [2.75, 3.05) is 12.4 Å². The maximum atomic E-state index is 12.6. The van der Waals surface area contributed by atoms with Crippen LogP contribution >= 0.6 is 15.9 Å². The highest BCUT2D eigenvalue weighted by molar-refractivity contribution is 9.10. The number of amides is 1. The van der Waals surface area contributed by atoms with Crippen LogP contribution in [0.5, 0.6) is 0 Å². The monoisotopic (exact) mass is 400 g/mol. The van der Waals surface area contributed by atoms with Crippen molar-refractivity contribution in [1.82, 2.24) is 14.9 Å². The van der Waals surface area contributed by atoms with Crippen molar-refractivity contribution in [2.45, 2.75) is 44.2 Å². The van der Waals surface area contributed by atoms with Gasteiger partial charge >= 0.3 is 0 Å². The van der Waals surface area contributed by atoms with Gasteiger partial charge < -0.3 is 5.32 Å². The number of aromatic nitrogens is 2. The lowest BCUT2D eigenvalue weighted by Gasteiger charge is -2.15. The van der Waals surface area contributed by atoms with Gasteiger partial charge in [0, 0.05) is 30.4 Å². The summed E-state index contributed by atoms with van der Waals surface area (Å²) in [5, 5.41) is 2.93. The van der Waals surface area contributed by atoms with Crippen LogP contribution in [0.25, 0.3) is 0 Å². The molecule has 2 saturated carbocycles. The van der Waals surface area contributed by atoms with E-state index in [2.05, 4.69) is 55.3 Å². The molecule has 0 bridgehead atoms. The first-order chi connectivity index (χ1) is 12.1. The van der Waals surface area contributed by atoms with Gasteiger partial charge in [-0.3, -0.25) is 9.69 Å². The van der Waals surface area contributed by atoms with Crippen molar-refractivity contribution in [1.29, 1.82) is 0 Å². The minimum absolute atomic E-state index is 0.209. The number of nitrogens with zero attached hydrogens (tertiary/aromatic N) is 3. The van der Waals surface area contributed by atoms with Gasteiger partial charge in [-0.1, -0.05) is 12.1 Å². The van der Waals surface area contributed by atoms with Gasteiger partial charge in [0.1, 0.15) is 11.5 Å². The summed E-state index contributed by atoms with van der Waals surface area (Å²) in [6.45, 7) is 0.946. The molecular formula is C19H21BrN4O. The first-order valence-corrected chi connectivity index (χ1v) is 9.52. The van der Waals surface area contributed by atoms with Crippen molar-refractivity contribution in [3.63, 3.8) is 0 Å². The number of halogens is 1. The molecule has 0 aliphatic heterocycles. The summed E-state index contributed by atoms with van der Waals surface area (Å²) in [5.41, 5.74) is 2.43. The van der Waals surface area contributed by atoms with Crippen molar-refractivity contribution in [3.05, 3.63) is 52.0 Å². The molecule has 2 aromatic rings. The van der Waals surface area contributed by atoms with E-state index in [-0.39, 0.29) is 5.91 Å². The summed E-state index contributed by atoms with van der Waals surface area (Å²) in [4.78, 5) is 23.7. The van der Waals surface area contributed by atoms with Crippen LogP contribution in [0.1, 0.15) is 53.5 Å². The van der Waals surface area contributed by atoms with Crippen LogP contribution < -0.4 is 5.32 Å². The Morgan fingerprint density at radius 2 is 1.96 bits per heavy atom. The lowest BCUT2D eigenvalue weighted by atomic mass is 10.2. The van der Waals surface area contributed by atoms with Crippen LogP contribution in [0.15, 0.2) is 34.9 Å². The molecule has 130 valence electrons. The van der Waals surface area contributed by atoms with Crippen LogP contribution in [-0.4, -0.2) is 33.9 Å². The highest BCUT2D eigenvalue weighted by Gasteiger charge is 2.28. The van der Waals surface area contributed by atoms with Crippen LogP contribution in [0.3, 0.4) is 0 Å². The number of anilines is 1. The minimum Gasteiger partial charge on any atom is -0.321 e. The van der Waals surface area contributed by atoms with Gasteiger partial charge in [-0.05, 0) is 66.4 Å². The third kappa shape index (κ3) is 4.07. The highest BCUT2D eigenvalue weighted by atomic mass is 79.9. The van der Waals surface area contributed by atoms with Gasteiger partial charge in [-0.25, -0.2) is 9.97 Å². The van der Waals surface area contributed by atoms with E-state index in [1.165, 1.54) is 18.4 Å². The first-order valence-electron chi connectivity index (χ1n) is 8.73.